The molecule has 1 fully saturated rings. The van der Waals surface area contributed by atoms with Gasteiger partial charge in [0.2, 0.25) is 0 Å². The van der Waals surface area contributed by atoms with Crippen LogP contribution in [-0.4, -0.2) is 98.9 Å². The van der Waals surface area contributed by atoms with E-state index in [2.05, 4.69) is 86.8 Å². The first-order chi connectivity index (χ1) is 32.5. The Balaban J connectivity index is 2.36. The molecule has 0 bridgehead atoms. The minimum Gasteiger partial charge on any atom is -0.457 e. The van der Waals surface area contributed by atoms with E-state index in [9.17, 15) is 39.8 Å². The number of ether oxygens (including phenoxy) is 2. The molecule has 0 heterocycles. The van der Waals surface area contributed by atoms with E-state index in [0.717, 1.165) is 109 Å². The molecule has 0 aromatic heterocycles. The molecule has 388 valence electrons. The van der Waals surface area contributed by atoms with Gasteiger partial charge in [-0.3, -0.25) is 13.8 Å². The summed E-state index contributed by atoms with van der Waals surface area (Å²) in [5.74, 6) is -0.489. The molecule has 0 amide bonds. The molecule has 1 saturated carbocycles. The van der Waals surface area contributed by atoms with Crippen molar-refractivity contribution in [1.82, 2.24) is 0 Å². The number of hydrogen-bond donors (Lipinski definition) is 6. The Labute approximate surface area is 406 Å². The Morgan fingerprint density at radius 2 is 0.881 bits per heavy atom. The van der Waals surface area contributed by atoms with E-state index in [1.807, 2.05) is 0 Å². The van der Waals surface area contributed by atoms with Crippen LogP contribution in [0.25, 0.3) is 0 Å². The number of allylic oxidation sites excluding steroid dienone is 12. The Kier molecular flexibility index (Phi) is 41.0. The average Bonchev–Trinajstić information content (AvgIpc) is 3.31. The van der Waals surface area contributed by atoms with Crippen molar-refractivity contribution in [3.8, 4) is 0 Å². The van der Waals surface area contributed by atoms with E-state index >= 15 is 0 Å². The van der Waals surface area contributed by atoms with Crippen LogP contribution in [0.1, 0.15) is 200 Å². The van der Waals surface area contributed by atoms with Gasteiger partial charge in [0, 0.05) is 13.0 Å². The molecule has 13 heteroatoms. The third-order valence-electron chi connectivity index (χ3n) is 11.8. The van der Waals surface area contributed by atoms with Crippen LogP contribution >= 0.6 is 7.82 Å². The predicted octanol–water partition coefficient (Wildman–Crippen LogP) is 11.9. The predicted molar refractivity (Wildman–Crippen MR) is 271 cm³/mol. The lowest BCUT2D eigenvalue weighted by molar-refractivity contribution is -0.220. The van der Waals surface area contributed by atoms with Crippen LogP contribution in [0, 0.1) is 0 Å². The highest BCUT2D eigenvalue weighted by atomic mass is 31.2. The molecule has 0 saturated heterocycles. The fourth-order valence-corrected chi connectivity index (χ4v) is 8.64. The van der Waals surface area contributed by atoms with Crippen molar-refractivity contribution < 1.29 is 58.3 Å². The summed E-state index contributed by atoms with van der Waals surface area (Å²) in [6.45, 7) is 4.12. The van der Waals surface area contributed by atoms with Crippen LogP contribution in [0.15, 0.2) is 72.9 Å². The molecule has 0 aromatic carbocycles. The van der Waals surface area contributed by atoms with Gasteiger partial charge in [-0.2, -0.15) is 0 Å². The van der Waals surface area contributed by atoms with Crippen molar-refractivity contribution in [3.63, 3.8) is 0 Å². The topological polar surface area (TPSA) is 192 Å². The van der Waals surface area contributed by atoms with Gasteiger partial charge in [-0.1, -0.05) is 183 Å². The van der Waals surface area contributed by atoms with Crippen LogP contribution in [0.4, 0.5) is 0 Å². The second-order valence-corrected chi connectivity index (χ2v) is 19.4. The fourth-order valence-electron chi connectivity index (χ4n) is 7.67. The zero-order valence-corrected chi connectivity index (χ0v) is 42.6. The highest BCUT2D eigenvalue weighted by Crippen LogP contribution is 2.47. The van der Waals surface area contributed by atoms with E-state index in [-0.39, 0.29) is 13.0 Å². The number of carbonyl (C=O) groups is 1. The maximum atomic E-state index is 12.9. The maximum absolute atomic E-state index is 12.9. The van der Waals surface area contributed by atoms with Crippen molar-refractivity contribution >= 4 is 13.8 Å². The maximum Gasteiger partial charge on any atom is 0.472 e. The van der Waals surface area contributed by atoms with Crippen LogP contribution in [0.3, 0.4) is 0 Å². The summed E-state index contributed by atoms with van der Waals surface area (Å²) < 4.78 is 34.3. The quantitative estimate of drug-likeness (QED) is 0.0147. The van der Waals surface area contributed by atoms with Crippen LogP contribution in [-0.2, 0) is 27.9 Å². The normalized spacial score (nSPS) is 21.9. The van der Waals surface area contributed by atoms with Gasteiger partial charge in [0.15, 0.2) is 0 Å². The van der Waals surface area contributed by atoms with Crippen molar-refractivity contribution in [2.24, 2.45) is 0 Å². The minimum atomic E-state index is -5.03. The molecule has 1 aliphatic rings. The van der Waals surface area contributed by atoms with Gasteiger partial charge >= 0.3 is 13.8 Å². The fraction of sp³-hybridized carbons (Fsp3) is 0.759. The van der Waals surface area contributed by atoms with Crippen molar-refractivity contribution in [2.45, 2.75) is 243 Å². The first-order valence-electron chi connectivity index (χ1n) is 26.3. The monoisotopic (exact) mass is 967 g/mol. The Morgan fingerprint density at radius 1 is 0.493 bits per heavy atom. The molecule has 0 radical (unpaired) electrons. The average molecular weight is 967 g/mol. The van der Waals surface area contributed by atoms with E-state index in [1.54, 1.807) is 0 Å². The van der Waals surface area contributed by atoms with Crippen molar-refractivity contribution in [1.29, 1.82) is 0 Å². The van der Waals surface area contributed by atoms with Crippen molar-refractivity contribution in [3.05, 3.63) is 72.9 Å². The molecule has 1 aliphatic carbocycles. The summed E-state index contributed by atoms with van der Waals surface area (Å²) in [4.78, 5) is 23.3. The number of phosphoric acid groups is 1. The van der Waals surface area contributed by atoms with Gasteiger partial charge in [-0.25, -0.2) is 4.57 Å². The standard InChI is InChI=1S/C54H95O12P/c1-3-5-7-9-11-13-15-17-19-21-23-24-25-26-28-30-32-34-36-38-40-42-44-63-45-47(46-64-67(61,62)66-54-52(59)50(57)49(56)51(58)53(54)60)65-48(55)43-41-39-37-35-33-31-29-27-22-20-18-16-14-12-10-8-6-4-2/h5,7,11,13,17,19-20,22-24,26,28,47,49-54,56-60H,3-4,6,8-10,12,14-16,18,21,25,27,29-46H2,1-2H3,(H,61,62)/b7-5-,13-11-,19-17-,22-20-,24-23-,28-26-. The van der Waals surface area contributed by atoms with Gasteiger partial charge in [-0.15, -0.1) is 0 Å². The largest absolute Gasteiger partial charge is 0.472 e. The number of hydrogen-bond acceptors (Lipinski definition) is 11. The molecule has 0 spiro atoms. The number of aliphatic hydroxyl groups is 5. The van der Waals surface area contributed by atoms with Crippen LogP contribution in [0.2, 0.25) is 0 Å². The Bertz CT molecular complexity index is 1380. The zero-order valence-electron chi connectivity index (χ0n) is 41.7. The molecule has 0 aliphatic heterocycles. The lowest BCUT2D eigenvalue weighted by Crippen LogP contribution is -2.64. The lowest BCUT2D eigenvalue weighted by Gasteiger charge is -2.41. The number of esters is 1. The summed E-state index contributed by atoms with van der Waals surface area (Å²) in [6, 6.07) is 0. The molecule has 1 rings (SSSR count). The van der Waals surface area contributed by atoms with E-state index in [1.165, 1.54) is 64.2 Å². The Morgan fingerprint density at radius 3 is 1.36 bits per heavy atom. The van der Waals surface area contributed by atoms with Crippen molar-refractivity contribution in [2.75, 3.05) is 19.8 Å². The van der Waals surface area contributed by atoms with Gasteiger partial charge in [0.25, 0.3) is 0 Å². The molecule has 6 unspecified atom stereocenters. The highest BCUT2D eigenvalue weighted by Gasteiger charge is 2.51. The molecular formula is C54H95O12P. The smallest absolute Gasteiger partial charge is 0.457 e. The third kappa shape index (κ3) is 35.5. The van der Waals surface area contributed by atoms with Gasteiger partial charge in [0.1, 0.15) is 42.7 Å². The summed E-state index contributed by atoms with van der Waals surface area (Å²) in [7, 11) is -5.03. The summed E-state index contributed by atoms with van der Waals surface area (Å²) >= 11 is 0. The van der Waals surface area contributed by atoms with Gasteiger partial charge < -0.3 is 39.9 Å². The third-order valence-corrected chi connectivity index (χ3v) is 12.8. The molecule has 12 nitrogen and oxygen atoms in total. The molecule has 6 N–H and O–H groups in total. The molecular weight excluding hydrogens is 872 g/mol. The van der Waals surface area contributed by atoms with E-state index < -0.39 is 63.1 Å². The summed E-state index contributed by atoms with van der Waals surface area (Å²) in [5, 5.41) is 50.3. The van der Waals surface area contributed by atoms with Gasteiger partial charge in [-0.05, 0) is 83.5 Å². The highest BCUT2D eigenvalue weighted by molar-refractivity contribution is 7.47. The second-order valence-electron chi connectivity index (χ2n) is 18.0. The summed E-state index contributed by atoms with van der Waals surface area (Å²) in [5.41, 5.74) is 0. The molecule has 0 aromatic rings. The zero-order chi connectivity index (χ0) is 49.1. The minimum absolute atomic E-state index is 0.0917. The first-order valence-corrected chi connectivity index (χ1v) is 27.8. The Hall–Kier alpha value is -2.22. The number of unbranched alkanes of at least 4 members (excludes halogenated alkanes) is 20. The van der Waals surface area contributed by atoms with Crippen LogP contribution < -0.4 is 0 Å². The first kappa shape index (κ1) is 62.8. The van der Waals surface area contributed by atoms with E-state index in [4.69, 9.17) is 18.5 Å². The number of carbonyl (C=O) groups excluding carboxylic acids is 1. The van der Waals surface area contributed by atoms with Crippen LogP contribution in [0.5, 0.6) is 0 Å². The molecule has 67 heavy (non-hydrogen) atoms. The molecule has 6 atom stereocenters. The SMILES string of the molecule is CC/C=C\C/C=C\C/C=C\C/C=C\C/C=C\CCCCCCCCOCC(COP(=O)(O)OC1C(O)C(O)C(O)C(O)C1O)OC(=O)CCCCCCCCC/C=C\CCCCCCCCC. The number of aliphatic hydroxyl groups excluding tert-OH is 5. The second kappa shape index (κ2) is 43.8. The summed E-state index contributed by atoms with van der Waals surface area (Å²) in [6.07, 6.45) is 45.3. The van der Waals surface area contributed by atoms with E-state index in [0.29, 0.717) is 13.0 Å². The number of phosphoric ester groups is 1. The number of rotatable bonds is 44. The van der Waals surface area contributed by atoms with Gasteiger partial charge in [0.05, 0.1) is 13.2 Å². The lowest BCUT2D eigenvalue weighted by atomic mass is 9.85.